The van der Waals surface area contributed by atoms with Gasteiger partial charge in [-0.2, -0.15) is 0 Å². The van der Waals surface area contributed by atoms with Crippen LogP contribution in [0, 0.1) is 0 Å². The first-order valence-electron chi connectivity index (χ1n) is 10.9. The van der Waals surface area contributed by atoms with Crippen molar-refractivity contribution in [3.05, 3.63) is 119 Å². The second-order valence-electron chi connectivity index (χ2n) is 9.03. The highest BCUT2D eigenvalue weighted by atomic mass is 16.3. The minimum atomic E-state index is -1.11. The lowest BCUT2D eigenvalue weighted by molar-refractivity contribution is 0.0694. The second-order valence-corrected chi connectivity index (χ2v) is 9.03. The van der Waals surface area contributed by atoms with Gasteiger partial charge in [0.1, 0.15) is 5.60 Å². The summed E-state index contributed by atoms with van der Waals surface area (Å²) < 4.78 is 0. The Morgan fingerprint density at radius 2 is 0.839 bits per heavy atom. The van der Waals surface area contributed by atoms with E-state index in [0.717, 1.165) is 11.1 Å². The molecular weight excluding hydrogens is 376 g/mol. The maximum Gasteiger partial charge on any atom is 0.127 e. The van der Waals surface area contributed by atoms with Crippen molar-refractivity contribution in [2.45, 2.75) is 11.5 Å². The lowest BCUT2D eigenvalue weighted by Crippen LogP contribution is -2.33. The molecule has 0 aromatic heterocycles. The van der Waals surface area contributed by atoms with Crippen LogP contribution in [0.5, 0.6) is 0 Å². The zero-order valence-electron chi connectivity index (χ0n) is 16.8. The molecule has 0 atom stereocenters. The van der Waals surface area contributed by atoms with E-state index < -0.39 is 5.60 Å². The molecule has 0 amide bonds. The summed E-state index contributed by atoms with van der Waals surface area (Å²) >= 11 is 0. The molecule has 144 valence electrons. The number of hydrogen-bond acceptors (Lipinski definition) is 1. The SMILES string of the molecule is OC1(C2c3cccc4ccc5cccc2c5c34)c2cccc3ccc4cccc1c4c23. The van der Waals surface area contributed by atoms with Gasteiger partial charge in [-0.15, -0.1) is 0 Å². The number of rotatable bonds is 1. The van der Waals surface area contributed by atoms with Crippen LogP contribution in [0.3, 0.4) is 0 Å². The molecule has 1 heteroatoms. The third-order valence-corrected chi connectivity index (χ3v) is 7.70. The first kappa shape index (κ1) is 16.1. The Morgan fingerprint density at radius 3 is 1.29 bits per heavy atom. The Labute approximate surface area is 179 Å². The third kappa shape index (κ3) is 1.68. The van der Waals surface area contributed by atoms with Gasteiger partial charge in [-0.3, -0.25) is 0 Å². The molecule has 0 spiro atoms. The van der Waals surface area contributed by atoms with Gasteiger partial charge in [0.15, 0.2) is 0 Å². The molecule has 1 nitrogen and oxygen atoms in total. The van der Waals surface area contributed by atoms with Crippen LogP contribution in [-0.4, -0.2) is 5.11 Å². The summed E-state index contributed by atoms with van der Waals surface area (Å²) in [6.45, 7) is 0. The number of benzene rings is 6. The fourth-order valence-electron chi connectivity index (χ4n) is 6.56. The monoisotopic (exact) mass is 394 g/mol. The van der Waals surface area contributed by atoms with Gasteiger partial charge >= 0.3 is 0 Å². The van der Waals surface area contributed by atoms with E-state index in [9.17, 15) is 5.11 Å². The summed E-state index contributed by atoms with van der Waals surface area (Å²) in [5.74, 6) is -0.138. The minimum Gasteiger partial charge on any atom is -0.379 e. The van der Waals surface area contributed by atoms with E-state index in [1.807, 2.05) is 0 Å². The van der Waals surface area contributed by atoms with Crippen molar-refractivity contribution in [2.75, 3.05) is 0 Å². The van der Waals surface area contributed by atoms with E-state index in [1.165, 1.54) is 54.2 Å². The Balaban J connectivity index is 1.58. The maximum absolute atomic E-state index is 12.8. The lowest BCUT2D eigenvalue weighted by atomic mass is 9.73. The van der Waals surface area contributed by atoms with Crippen LogP contribution in [0.15, 0.2) is 97.1 Å². The van der Waals surface area contributed by atoms with E-state index in [0.29, 0.717) is 0 Å². The van der Waals surface area contributed by atoms with Gasteiger partial charge in [0.05, 0.1) is 0 Å². The molecule has 8 rings (SSSR count). The molecule has 31 heavy (non-hydrogen) atoms. The summed E-state index contributed by atoms with van der Waals surface area (Å²) in [6, 6.07) is 34.6. The van der Waals surface area contributed by atoms with Crippen LogP contribution in [0.1, 0.15) is 28.2 Å². The van der Waals surface area contributed by atoms with Crippen LogP contribution >= 0.6 is 0 Å². The van der Waals surface area contributed by atoms with Crippen molar-refractivity contribution in [3.8, 4) is 0 Å². The molecule has 6 aromatic rings. The molecule has 0 saturated carbocycles. The van der Waals surface area contributed by atoms with Crippen LogP contribution in [0.4, 0.5) is 0 Å². The normalized spacial score (nSPS) is 16.0. The lowest BCUT2D eigenvalue weighted by Gasteiger charge is -2.34. The fourth-order valence-corrected chi connectivity index (χ4v) is 6.56. The summed E-state index contributed by atoms with van der Waals surface area (Å²) in [6.07, 6.45) is 0. The van der Waals surface area contributed by atoms with Crippen molar-refractivity contribution in [1.29, 1.82) is 0 Å². The Morgan fingerprint density at radius 1 is 0.452 bits per heavy atom. The number of hydrogen-bond donors (Lipinski definition) is 1. The molecule has 0 unspecified atom stereocenters. The van der Waals surface area contributed by atoms with Crippen LogP contribution in [0.2, 0.25) is 0 Å². The van der Waals surface area contributed by atoms with Gasteiger partial charge in [-0.1, -0.05) is 97.1 Å². The number of aliphatic hydroxyl groups is 1. The van der Waals surface area contributed by atoms with E-state index in [4.69, 9.17) is 0 Å². The van der Waals surface area contributed by atoms with Gasteiger partial charge in [0.2, 0.25) is 0 Å². The molecule has 0 bridgehead atoms. The van der Waals surface area contributed by atoms with E-state index in [-0.39, 0.29) is 5.92 Å². The predicted octanol–water partition coefficient (Wildman–Crippen LogP) is 6.99. The Hall–Kier alpha value is -3.68. The summed E-state index contributed by atoms with van der Waals surface area (Å²) in [4.78, 5) is 0. The first-order chi connectivity index (χ1) is 15.3. The van der Waals surface area contributed by atoms with Crippen LogP contribution in [-0.2, 0) is 5.60 Å². The quantitative estimate of drug-likeness (QED) is 0.298. The zero-order chi connectivity index (χ0) is 20.3. The van der Waals surface area contributed by atoms with Gasteiger partial charge in [-0.05, 0) is 65.3 Å². The van der Waals surface area contributed by atoms with Gasteiger partial charge in [0.25, 0.3) is 0 Å². The highest BCUT2D eigenvalue weighted by Gasteiger charge is 2.50. The summed E-state index contributed by atoms with van der Waals surface area (Å²) in [7, 11) is 0. The maximum atomic E-state index is 12.8. The van der Waals surface area contributed by atoms with Gasteiger partial charge in [-0.25, -0.2) is 0 Å². The molecule has 2 aliphatic carbocycles. The fraction of sp³-hybridized carbons (Fsp3) is 0.0667. The minimum absolute atomic E-state index is 0.138. The Kier molecular flexibility index (Phi) is 2.66. The smallest absolute Gasteiger partial charge is 0.127 e. The van der Waals surface area contributed by atoms with Crippen LogP contribution < -0.4 is 0 Å². The Bertz CT molecular complexity index is 1630. The highest BCUT2D eigenvalue weighted by molar-refractivity contribution is 6.17. The molecule has 0 saturated heterocycles. The third-order valence-electron chi connectivity index (χ3n) is 7.70. The van der Waals surface area contributed by atoms with Crippen LogP contribution in [0.25, 0.3) is 43.1 Å². The van der Waals surface area contributed by atoms with Gasteiger partial charge in [0, 0.05) is 5.92 Å². The standard InChI is InChI=1S/C30H18O/c31-30(23-11-3-7-19-15-16-20-8-4-12-24(30)28(20)27(19)23)29-21-9-1-5-17-13-14-18-6-2-10-22(29)26(18)25(17)21/h1-16,29,31H. The average molecular weight is 394 g/mol. The molecule has 1 N–H and O–H groups in total. The van der Waals surface area contributed by atoms with Crippen molar-refractivity contribution in [1.82, 2.24) is 0 Å². The molecular formula is C30H18O. The highest BCUT2D eigenvalue weighted by Crippen LogP contribution is 2.59. The summed E-state index contributed by atoms with van der Waals surface area (Å²) in [5, 5.41) is 22.7. The molecule has 0 radical (unpaired) electrons. The van der Waals surface area contributed by atoms with Crippen molar-refractivity contribution in [2.24, 2.45) is 0 Å². The molecule has 0 heterocycles. The van der Waals surface area contributed by atoms with Gasteiger partial charge < -0.3 is 5.11 Å². The van der Waals surface area contributed by atoms with E-state index in [1.54, 1.807) is 0 Å². The first-order valence-corrected chi connectivity index (χ1v) is 10.9. The van der Waals surface area contributed by atoms with Crippen molar-refractivity contribution >= 4 is 43.1 Å². The molecule has 2 aliphatic rings. The van der Waals surface area contributed by atoms with Crippen molar-refractivity contribution in [3.63, 3.8) is 0 Å². The predicted molar refractivity (Wildman–Crippen MR) is 128 cm³/mol. The average Bonchev–Trinajstić information content (AvgIpc) is 3.30. The topological polar surface area (TPSA) is 20.2 Å². The zero-order valence-corrected chi connectivity index (χ0v) is 16.8. The molecule has 0 fully saturated rings. The summed E-state index contributed by atoms with van der Waals surface area (Å²) in [5.41, 5.74) is 3.42. The second kappa shape index (κ2) is 5.14. The molecule has 6 aromatic carbocycles. The van der Waals surface area contributed by atoms with E-state index in [2.05, 4.69) is 97.1 Å². The largest absolute Gasteiger partial charge is 0.379 e. The van der Waals surface area contributed by atoms with E-state index >= 15 is 0 Å². The van der Waals surface area contributed by atoms with Crippen molar-refractivity contribution < 1.29 is 5.11 Å². The molecule has 0 aliphatic heterocycles.